The van der Waals surface area contributed by atoms with E-state index in [1.54, 1.807) is 0 Å². The van der Waals surface area contributed by atoms with Crippen LogP contribution >= 0.6 is 0 Å². The molecule has 6 nitrogen and oxygen atoms in total. The van der Waals surface area contributed by atoms with Crippen molar-refractivity contribution in [1.82, 2.24) is 19.8 Å². The number of hydrogen-bond donors (Lipinski definition) is 1. The third kappa shape index (κ3) is 2.35. The number of carbonyl (C=O) groups is 2. The Kier molecular flexibility index (Phi) is 3.58. The van der Waals surface area contributed by atoms with E-state index in [-0.39, 0.29) is 23.8 Å². The number of imidazole rings is 1. The first-order valence-corrected chi connectivity index (χ1v) is 9.40. The van der Waals surface area contributed by atoms with E-state index in [2.05, 4.69) is 27.0 Å². The lowest BCUT2D eigenvalue weighted by Crippen LogP contribution is -2.47. The Morgan fingerprint density at radius 3 is 3.04 bits per heavy atom. The highest BCUT2D eigenvalue weighted by Gasteiger charge is 2.38. The van der Waals surface area contributed by atoms with Crippen molar-refractivity contribution in [3.05, 3.63) is 42.4 Å². The van der Waals surface area contributed by atoms with Crippen LogP contribution in [0.3, 0.4) is 0 Å². The van der Waals surface area contributed by atoms with Crippen LogP contribution in [0, 0.1) is 5.92 Å². The van der Waals surface area contributed by atoms with Crippen molar-refractivity contribution in [3.63, 3.8) is 0 Å². The second-order valence-electron chi connectivity index (χ2n) is 7.55. The molecule has 0 saturated carbocycles. The van der Waals surface area contributed by atoms with Gasteiger partial charge in [-0.3, -0.25) is 9.59 Å². The molecule has 0 spiro atoms. The number of fused-ring (bicyclic) bond motifs is 4. The number of hydrogen-bond acceptors (Lipinski definition) is 3. The van der Waals surface area contributed by atoms with E-state index in [1.807, 2.05) is 29.6 Å². The van der Waals surface area contributed by atoms with Crippen molar-refractivity contribution in [2.45, 2.75) is 37.8 Å². The minimum Gasteiger partial charge on any atom is -0.353 e. The second kappa shape index (κ2) is 5.97. The Morgan fingerprint density at radius 1 is 1.23 bits per heavy atom. The van der Waals surface area contributed by atoms with Gasteiger partial charge in [-0.05, 0) is 24.8 Å². The number of rotatable bonds is 3. The molecule has 3 atom stereocenters. The molecule has 0 bridgehead atoms. The lowest BCUT2D eigenvalue weighted by Gasteiger charge is -2.34. The second-order valence-corrected chi connectivity index (χ2v) is 7.55. The molecule has 2 fully saturated rings. The fraction of sp³-hybridized carbons (Fsp3) is 0.450. The summed E-state index contributed by atoms with van der Waals surface area (Å²) in [5.41, 5.74) is 3.51. The molecule has 2 saturated heterocycles. The van der Waals surface area contributed by atoms with Crippen LogP contribution in [0.4, 0.5) is 0 Å². The lowest BCUT2D eigenvalue weighted by atomic mass is 9.92. The van der Waals surface area contributed by atoms with Gasteiger partial charge in [0.05, 0.1) is 30.2 Å². The Hall–Kier alpha value is -2.63. The van der Waals surface area contributed by atoms with Crippen molar-refractivity contribution in [2.75, 3.05) is 13.1 Å². The van der Waals surface area contributed by atoms with Gasteiger partial charge >= 0.3 is 0 Å². The number of amides is 2. The normalized spacial score (nSPS) is 26.4. The van der Waals surface area contributed by atoms with Crippen molar-refractivity contribution in [3.8, 4) is 11.3 Å². The van der Waals surface area contributed by atoms with Crippen LogP contribution in [0.5, 0.6) is 0 Å². The number of piperidine rings is 1. The zero-order chi connectivity index (χ0) is 17.7. The summed E-state index contributed by atoms with van der Waals surface area (Å²) < 4.78 is 2.13. The average molecular weight is 350 g/mol. The SMILES string of the molecule is O=C(NC[C@@H]1c2ccccc2-c2cncn21)[C@H]1CCC2CCC(=O)N2C1. The first-order chi connectivity index (χ1) is 12.7. The number of carbonyl (C=O) groups excluding carboxylic acids is 2. The Bertz CT molecular complexity index is 874. The smallest absolute Gasteiger partial charge is 0.224 e. The molecular weight excluding hydrogens is 328 g/mol. The van der Waals surface area contributed by atoms with Crippen LogP contribution in [-0.4, -0.2) is 45.4 Å². The molecule has 2 aromatic rings. The Labute approximate surface area is 152 Å². The van der Waals surface area contributed by atoms with Crippen molar-refractivity contribution < 1.29 is 9.59 Å². The van der Waals surface area contributed by atoms with E-state index >= 15 is 0 Å². The minimum absolute atomic E-state index is 0.0641. The largest absolute Gasteiger partial charge is 0.353 e. The van der Waals surface area contributed by atoms with Gasteiger partial charge in [0.25, 0.3) is 0 Å². The lowest BCUT2D eigenvalue weighted by molar-refractivity contribution is -0.134. The van der Waals surface area contributed by atoms with Gasteiger partial charge in [0.2, 0.25) is 11.8 Å². The van der Waals surface area contributed by atoms with Crippen LogP contribution in [0.15, 0.2) is 36.8 Å². The summed E-state index contributed by atoms with van der Waals surface area (Å²) >= 11 is 0. The highest BCUT2D eigenvalue weighted by atomic mass is 16.2. The summed E-state index contributed by atoms with van der Waals surface area (Å²) in [6, 6.07) is 8.73. The third-order valence-electron chi connectivity index (χ3n) is 6.16. The van der Waals surface area contributed by atoms with Gasteiger partial charge < -0.3 is 14.8 Å². The molecule has 2 amide bonds. The molecule has 1 unspecified atom stereocenters. The van der Waals surface area contributed by atoms with Gasteiger partial charge in [0, 0.05) is 31.1 Å². The van der Waals surface area contributed by atoms with E-state index in [1.165, 1.54) is 11.1 Å². The quantitative estimate of drug-likeness (QED) is 0.920. The molecule has 134 valence electrons. The Morgan fingerprint density at radius 2 is 2.12 bits per heavy atom. The number of aromatic nitrogens is 2. The third-order valence-corrected chi connectivity index (χ3v) is 6.16. The summed E-state index contributed by atoms with van der Waals surface area (Å²) in [5, 5.41) is 3.14. The Balaban J connectivity index is 1.28. The van der Waals surface area contributed by atoms with Gasteiger partial charge in [-0.15, -0.1) is 0 Å². The predicted octanol–water partition coefficient (Wildman–Crippen LogP) is 1.97. The number of nitrogens with zero attached hydrogens (tertiary/aromatic N) is 3. The maximum absolute atomic E-state index is 12.7. The van der Waals surface area contributed by atoms with Crippen LogP contribution in [0.25, 0.3) is 11.3 Å². The first-order valence-electron chi connectivity index (χ1n) is 9.40. The van der Waals surface area contributed by atoms with E-state index < -0.39 is 0 Å². The zero-order valence-corrected chi connectivity index (χ0v) is 14.6. The standard InChI is InChI=1S/C20H22N4O2/c25-19-8-7-14-6-5-13(11-23(14)19)20(26)22-10-18-16-4-2-1-3-15(16)17-9-21-12-24(17)18/h1-4,9,12-14,18H,5-8,10-11H2,(H,22,26)/t13-,14?,18+/m0/s1. The molecule has 3 aliphatic rings. The van der Waals surface area contributed by atoms with Gasteiger partial charge in [-0.2, -0.15) is 0 Å². The van der Waals surface area contributed by atoms with Gasteiger partial charge in [-0.25, -0.2) is 4.98 Å². The summed E-state index contributed by atoms with van der Waals surface area (Å²) in [5.74, 6) is 0.182. The van der Waals surface area contributed by atoms with E-state index in [9.17, 15) is 9.59 Å². The summed E-state index contributed by atoms with van der Waals surface area (Å²) in [7, 11) is 0. The first kappa shape index (κ1) is 15.6. The van der Waals surface area contributed by atoms with Crippen molar-refractivity contribution in [1.29, 1.82) is 0 Å². The number of benzene rings is 1. The molecule has 0 aliphatic carbocycles. The fourth-order valence-electron chi connectivity index (χ4n) is 4.76. The average Bonchev–Trinajstić information content (AvgIpc) is 3.35. The van der Waals surface area contributed by atoms with Gasteiger partial charge in [-0.1, -0.05) is 24.3 Å². The van der Waals surface area contributed by atoms with E-state index in [0.717, 1.165) is 25.0 Å². The van der Waals surface area contributed by atoms with Crippen molar-refractivity contribution >= 4 is 11.8 Å². The van der Waals surface area contributed by atoms with Crippen LogP contribution in [0.1, 0.15) is 37.3 Å². The molecule has 3 aliphatic heterocycles. The summed E-state index contributed by atoms with van der Waals surface area (Å²) in [6.07, 6.45) is 7.12. The van der Waals surface area contributed by atoms with Gasteiger partial charge in [0.15, 0.2) is 0 Å². The predicted molar refractivity (Wildman–Crippen MR) is 96.3 cm³/mol. The zero-order valence-electron chi connectivity index (χ0n) is 14.6. The minimum atomic E-state index is -0.0906. The summed E-state index contributed by atoms with van der Waals surface area (Å²) in [4.78, 5) is 30.9. The molecule has 26 heavy (non-hydrogen) atoms. The molecule has 0 radical (unpaired) electrons. The molecule has 1 aromatic carbocycles. The maximum Gasteiger partial charge on any atom is 0.224 e. The summed E-state index contributed by atoms with van der Waals surface area (Å²) in [6.45, 7) is 1.12. The molecule has 4 heterocycles. The van der Waals surface area contributed by atoms with E-state index in [4.69, 9.17) is 0 Å². The van der Waals surface area contributed by atoms with Crippen LogP contribution in [-0.2, 0) is 9.59 Å². The molecule has 1 aromatic heterocycles. The van der Waals surface area contributed by atoms with Gasteiger partial charge in [0.1, 0.15) is 0 Å². The monoisotopic (exact) mass is 350 g/mol. The molecular formula is C20H22N4O2. The highest BCUT2D eigenvalue weighted by Crippen LogP contribution is 2.38. The van der Waals surface area contributed by atoms with Crippen LogP contribution in [0.2, 0.25) is 0 Å². The van der Waals surface area contributed by atoms with Crippen molar-refractivity contribution in [2.24, 2.45) is 5.92 Å². The number of nitrogens with one attached hydrogen (secondary N) is 1. The fourth-order valence-corrected chi connectivity index (χ4v) is 4.76. The maximum atomic E-state index is 12.7. The molecule has 1 N–H and O–H groups in total. The topological polar surface area (TPSA) is 67.2 Å². The molecule has 6 heteroatoms. The van der Waals surface area contributed by atoms with Crippen LogP contribution < -0.4 is 5.32 Å². The van der Waals surface area contributed by atoms with E-state index in [0.29, 0.717) is 25.6 Å². The highest BCUT2D eigenvalue weighted by molar-refractivity contribution is 5.83. The molecule has 5 rings (SSSR count).